The van der Waals surface area contributed by atoms with E-state index in [1.54, 1.807) is 20.8 Å². The zero-order valence-corrected chi connectivity index (χ0v) is 15.6. The number of nitro groups is 1. The summed E-state index contributed by atoms with van der Waals surface area (Å²) in [6.07, 6.45) is -0.643. The molecule has 3 rings (SSSR count). The Morgan fingerprint density at radius 3 is 2.59 bits per heavy atom. The molecule has 1 aliphatic heterocycles. The van der Waals surface area contributed by atoms with E-state index in [4.69, 9.17) is 4.74 Å². The zero-order valence-electron chi connectivity index (χ0n) is 14.8. The van der Waals surface area contributed by atoms with E-state index in [0.29, 0.717) is 22.6 Å². The lowest BCUT2D eigenvalue weighted by Crippen LogP contribution is -2.34. The monoisotopic (exact) mass is 391 g/mol. The van der Waals surface area contributed by atoms with Crippen molar-refractivity contribution in [3.63, 3.8) is 0 Å². The van der Waals surface area contributed by atoms with E-state index in [9.17, 15) is 23.3 Å². The maximum Gasteiger partial charge on any atom is 0.271 e. The Morgan fingerprint density at radius 1 is 1.22 bits per heavy atom. The van der Waals surface area contributed by atoms with Crippen molar-refractivity contribution in [3.8, 4) is 5.75 Å². The summed E-state index contributed by atoms with van der Waals surface area (Å²) in [6, 6.07) is 6.79. The van der Waals surface area contributed by atoms with E-state index in [0.717, 1.165) is 6.07 Å². The van der Waals surface area contributed by atoms with E-state index in [1.807, 2.05) is 0 Å². The number of aryl methyl sites for hydroxylation is 1. The van der Waals surface area contributed by atoms with E-state index >= 15 is 0 Å². The molecule has 1 amide bonds. The number of benzene rings is 2. The maximum atomic E-state index is 12.8. The van der Waals surface area contributed by atoms with Crippen molar-refractivity contribution in [3.05, 3.63) is 51.6 Å². The van der Waals surface area contributed by atoms with Crippen molar-refractivity contribution >= 4 is 33.0 Å². The fourth-order valence-electron chi connectivity index (χ4n) is 2.68. The van der Waals surface area contributed by atoms with E-state index in [-0.39, 0.29) is 22.2 Å². The maximum absolute atomic E-state index is 12.8. The second-order valence-corrected chi connectivity index (χ2v) is 7.86. The Morgan fingerprint density at radius 2 is 1.93 bits per heavy atom. The van der Waals surface area contributed by atoms with Crippen LogP contribution in [0.2, 0.25) is 0 Å². The summed E-state index contributed by atoms with van der Waals surface area (Å²) in [7, 11) is -4.08. The summed E-state index contributed by atoms with van der Waals surface area (Å²) in [4.78, 5) is 22.0. The van der Waals surface area contributed by atoms with Crippen LogP contribution >= 0.6 is 0 Å². The number of amides is 1. The first-order valence-corrected chi connectivity index (χ1v) is 9.47. The van der Waals surface area contributed by atoms with Crippen LogP contribution in [-0.2, 0) is 14.8 Å². The highest BCUT2D eigenvalue weighted by Gasteiger charge is 2.26. The van der Waals surface area contributed by atoms with E-state index in [2.05, 4.69) is 10.0 Å². The van der Waals surface area contributed by atoms with Gasteiger partial charge in [0.05, 0.1) is 21.2 Å². The van der Waals surface area contributed by atoms with Gasteiger partial charge in [0.1, 0.15) is 5.75 Å². The minimum Gasteiger partial charge on any atom is -0.479 e. The number of anilines is 2. The number of nitro benzene ring substituents is 1. The molecule has 1 heterocycles. The number of ether oxygens (including phenoxy) is 1. The molecule has 10 heteroatoms. The number of fused-ring (bicyclic) bond motifs is 1. The van der Waals surface area contributed by atoms with Gasteiger partial charge in [-0.25, -0.2) is 8.42 Å². The minimum atomic E-state index is -4.08. The number of rotatable bonds is 4. The van der Waals surface area contributed by atoms with Crippen molar-refractivity contribution in [2.24, 2.45) is 0 Å². The summed E-state index contributed by atoms with van der Waals surface area (Å²) < 4.78 is 33.4. The molecular weight excluding hydrogens is 374 g/mol. The summed E-state index contributed by atoms with van der Waals surface area (Å²) in [5, 5.41) is 13.7. The Balaban J connectivity index is 1.98. The van der Waals surface area contributed by atoms with Crippen LogP contribution in [0.25, 0.3) is 0 Å². The van der Waals surface area contributed by atoms with Crippen LogP contribution in [0.4, 0.5) is 17.1 Å². The lowest BCUT2D eigenvalue weighted by atomic mass is 10.1. The van der Waals surface area contributed by atoms with Gasteiger partial charge in [-0.15, -0.1) is 0 Å². The lowest BCUT2D eigenvalue weighted by Gasteiger charge is -2.23. The third-order valence-corrected chi connectivity index (χ3v) is 5.77. The number of hydrogen-bond donors (Lipinski definition) is 2. The zero-order chi connectivity index (χ0) is 19.9. The first-order chi connectivity index (χ1) is 12.6. The normalized spacial score (nSPS) is 16.1. The van der Waals surface area contributed by atoms with E-state index in [1.165, 1.54) is 24.3 Å². The third-order valence-electron chi connectivity index (χ3n) is 4.27. The molecule has 2 aromatic carbocycles. The highest BCUT2D eigenvalue weighted by molar-refractivity contribution is 7.92. The topological polar surface area (TPSA) is 128 Å². The first-order valence-electron chi connectivity index (χ1n) is 7.98. The van der Waals surface area contributed by atoms with Gasteiger partial charge in [0.2, 0.25) is 0 Å². The molecule has 0 radical (unpaired) electrons. The molecule has 0 bridgehead atoms. The van der Waals surface area contributed by atoms with Crippen LogP contribution < -0.4 is 14.8 Å². The van der Waals surface area contributed by atoms with Gasteiger partial charge in [0, 0.05) is 12.1 Å². The van der Waals surface area contributed by atoms with Gasteiger partial charge in [-0.3, -0.25) is 19.6 Å². The standard InChI is InChI=1S/C17H17N3O6S/c1-9-6-13(20(22)23)8-16(10(9)2)27(24,25)19-12-4-5-15-14(7-12)18-17(21)11(3)26-15/h4-8,11,19H,1-3H3,(H,18,21)/t11-/m0/s1. The molecule has 0 spiro atoms. The molecule has 0 aromatic heterocycles. The van der Waals surface area contributed by atoms with Gasteiger partial charge >= 0.3 is 0 Å². The van der Waals surface area contributed by atoms with Crippen molar-refractivity contribution in [2.75, 3.05) is 10.0 Å². The molecule has 9 nitrogen and oxygen atoms in total. The largest absolute Gasteiger partial charge is 0.479 e. The Kier molecular flexibility index (Phi) is 4.52. The molecule has 0 unspecified atom stereocenters. The van der Waals surface area contributed by atoms with Gasteiger partial charge in [0.25, 0.3) is 21.6 Å². The Bertz CT molecular complexity index is 1060. The summed E-state index contributed by atoms with van der Waals surface area (Å²) in [5.41, 5.74) is 1.13. The van der Waals surface area contributed by atoms with Gasteiger partial charge in [-0.1, -0.05) is 0 Å². The lowest BCUT2D eigenvalue weighted by molar-refractivity contribution is -0.385. The molecule has 0 saturated heterocycles. The van der Waals surface area contributed by atoms with Crippen molar-refractivity contribution in [2.45, 2.75) is 31.8 Å². The SMILES string of the molecule is Cc1cc([N+](=O)[O-])cc(S(=O)(=O)Nc2ccc3c(c2)NC(=O)[C@H](C)O3)c1C. The summed E-state index contributed by atoms with van der Waals surface area (Å²) in [6.45, 7) is 4.78. The molecule has 2 aromatic rings. The molecule has 1 aliphatic rings. The smallest absolute Gasteiger partial charge is 0.271 e. The van der Waals surface area contributed by atoms with Crippen molar-refractivity contribution in [1.29, 1.82) is 0 Å². The van der Waals surface area contributed by atoms with Crippen LogP contribution in [0, 0.1) is 24.0 Å². The highest BCUT2D eigenvalue weighted by atomic mass is 32.2. The predicted octanol–water partition coefficient (Wildman–Crippen LogP) is 2.73. The number of non-ortho nitro benzene ring substituents is 1. The number of nitrogens with zero attached hydrogens (tertiary/aromatic N) is 1. The predicted molar refractivity (Wildman–Crippen MR) is 98.5 cm³/mol. The molecule has 142 valence electrons. The second kappa shape index (κ2) is 6.54. The van der Waals surface area contributed by atoms with Crippen LogP contribution in [0.5, 0.6) is 5.75 Å². The van der Waals surface area contributed by atoms with Crippen molar-refractivity contribution in [1.82, 2.24) is 0 Å². The van der Waals surface area contributed by atoms with Gasteiger partial charge < -0.3 is 10.1 Å². The molecule has 0 aliphatic carbocycles. The molecule has 0 saturated carbocycles. The molecule has 0 fully saturated rings. The van der Waals surface area contributed by atoms with Crippen LogP contribution in [-0.4, -0.2) is 25.4 Å². The Labute approximate surface area is 155 Å². The number of carbonyl (C=O) groups excluding carboxylic acids is 1. The first kappa shape index (κ1) is 18.6. The number of carbonyl (C=O) groups is 1. The number of hydrogen-bond acceptors (Lipinski definition) is 6. The highest BCUT2D eigenvalue weighted by Crippen LogP contribution is 2.33. The fourth-order valence-corrected chi connectivity index (χ4v) is 4.06. The average molecular weight is 391 g/mol. The summed E-state index contributed by atoms with van der Waals surface area (Å²) in [5.74, 6) is 0.0834. The molecule has 1 atom stereocenters. The molecule has 2 N–H and O–H groups in total. The fraction of sp³-hybridized carbons (Fsp3) is 0.235. The summed E-state index contributed by atoms with van der Waals surface area (Å²) >= 11 is 0. The van der Waals surface area contributed by atoms with Crippen LogP contribution in [0.3, 0.4) is 0 Å². The van der Waals surface area contributed by atoms with Crippen LogP contribution in [0.15, 0.2) is 35.2 Å². The Hall–Kier alpha value is -3.14. The number of nitrogens with one attached hydrogen (secondary N) is 2. The van der Waals surface area contributed by atoms with Crippen LogP contribution in [0.1, 0.15) is 18.1 Å². The molecular formula is C17H17N3O6S. The average Bonchev–Trinajstić information content (AvgIpc) is 2.57. The van der Waals surface area contributed by atoms with Gasteiger partial charge in [-0.2, -0.15) is 0 Å². The van der Waals surface area contributed by atoms with Gasteiger partial charge in [0.15, 0.2) is 6.10 Å². The third kappa shape index (κ3) is 3.56. The number of sulfonamides is 1. The van der Waals surface area contributed by atoms with Crippen molar-refractivity contribution < 1.29 is 22.9 Å². The van der Waals surface area contributed by atoms with E-state index < -0.39 is 21.1 Å². The minimum absolute atomic E-state index is 0.180. The van der Waals surface area contributed by atoms with Gasteiger partial charge in [-0.05, 0) is 50.1 Å². The second-order valence-electron chi connectivity index (χ2n) is 6.21. The molecule has 27 heavy (non-hydrogen) atoms. The quantitative estimate of drug-likeness (QED) is 0.609.